The lowest BCUT2D eigenvalue weighted by molar-refractivity contribution is 0.988. The minimum Gasteiger partial charge on any atom is -0.361 e. The Morgan fingerprint density at radius 2 is 1.37 bits per heavy atom. The van der Waals surface area contributed by atoms with E-state index in [1.54, 1.807) is 0 Å². The van der Waals surface area contributed by atoms with Gasteiger partial charge in [0, 0.05) is 23.0 Å². The molecule has 3 nitrogen and oxygen atoms in total. The molecule has 1 heterocycles. The first kappa shape index (κ1) is 37.7. The van der Waals surface area contributed by atoms with Gasteiger partial charge >= 0.3 is 0 Å². The molecule has 0 saturated heterocycles. The van der Waals surface area contributed by atoms with Crippen molar-refractivity contribution >= 4 is 18.1 Å². The Labute approximate surface area is 322 Å². The van der Waals surface area contributed by atoms with Gasteiger partial charge in [-0.3, -0.25) is 9.98 Å². The third-order valence-electron chi connectivity index (χ3n) is 10.2. The number of aromatic nitrogens is 1. The molecule has 0 bridgehead atoms. The van der Waals surface area contributed by atoms with Gasteiger partial charge < -0.3 is 4.98 Å². The quantitative estimate of drug-likeness (QED) is 0.138. The van der Waals surface area contributed by atoms with Crippen LogP contribution in [-0.2, 0) is 6.54 Å². The molecule has 5 aromatic carbocycles. The first-order chi connectivity index (χ1) is 26.4. The van der Waals surface area contributed by atoms with Gasteiger partial charge in [0.25, 0.3) is 0 Å². The van der Waals surface area contributed by atoms with Gasteiger partial charge in [0.2, 0.25) is 0 Å². The summed E-state index contributed by atoms with van der Waals surface area (Å²) in [5.41, 5.74) is 19.7. The van der Waals surface area contributed by atoms with Crippen LogP contribution < -0.4 is 0 Å². The lowest BCUT2D eigenvalue weighted by atomic mass is 9.89. The molecular formula is C51H51N3. The van der Waals surface area contributed by atoms with Crippen molar-refractivity contribution < 1.29 is 0 Å². The molecular weight excluding hydrogens is 655 g/mol. The third kappa shape index (κ3) is 8.27. The number of nitrogens with one attached hydrogen (secondary N) is 1. The van der Waals surface area contributed by atoms with E-state index in [1.165, 1.54) is 61.2 Å². The number of H-pyrrole nitrogens is 1. The molecule has 0 radical (unpaired) electrons. The lowest BCUT2D eigenvalue weighted by Gasteiger charge is -2.18. The van der Waals surface area contributed by atoms with Crippen molar-refractivity contribution in [3.05, 3.63) is 185 Å². The SMILES string of the molecule is C=N/C(=C(/C)C(=NCc1cc(-c2ccc(-c3ccc[nH]3)cc2)cc(-c2cccc(-c3ccccc3C)c2C)c1)C1=CC=CCC1)c1ccccc1C.CC. The van der Waals surface area contributed by atoms with Crippen LogP contribution in [-0.4, -0.2) is 17.4 Å². The summed E-state index contributed by atoms with van der Waals surface area (Å²) in [6.45, 7) is 17.2. The highest BCUT2D eigenvalue weighted by Crippen LogP contribution is 2.37. The average Bonchev–Trinajstić information content (AvgIpc) is 3.76. The van der Waals surface area contributed by atoms with E-state index in [0.717, 1.165) is 46.6 Å². The van der Waals surface area contributed by atoms with Crippen molar-refractivity contribution in [2.45, 2.75) is 60.9 Å². The first-order valence-electron chi connectivity index (χ1n) is 19.1. The minimum absolute atomic E-state index is 0.532. The molecule has 0 unspecified atom stereocenters. The number of hydrogen-bond acceptors (Lipinski definition) is 2. The second-order valence-corrected chi connectivity index (χ2v) is 13.6. The van der Waals surface area contributed by atoms with Crippen molar-refractivity contribution in [2.24, 2.45) is 9.98 Å². The highest BCUT2D eigenvalue weighted by Gasteiger charge is 2.18. The van der Waals surface area contributed by atoms with Gasteiger partial charge in [0.05, 0.1) is 18.0 Å². The monoisotopic (exact) mass is 705 g/mol. The average molecular weight is 706 g/mol. The van der Waals surface area contributed by atoms with Crippen molar-refractivity contribution in [3.63, 3.8) is 0 Å². The fourth-order valence-corrected chi connectivity index (χ4v) is 7.36. The number of hydrogen-bond donors (Lipinski definition) is 1. The number of nitrogens with zero attached hydrogens (tertiary/aromatic N) is 2. The smallest absolute Gasteiger partial charge is 0.0747 e. The molecule has 270 valence electrons. The van der Waals surface area contributed by atoms with E-state index in [1.807, 2.05) is 26.1 Å². The summed E-state index contributed by atoms with van der Waals surface area (Å²) in [5.74, 6) is 0. The lowest BCUT2D eigenvalue weighted by Crippen LogP contribution is -2.09. The minimum atomic E-state index is 0.532. The molecule has 0 amide bonds. The number of rotatable bonds is 10. The van der Waals surface area contributed by atoms with Crippen molar-refractivity contribution in [3.8, 4) is 44.6 Å². The summed E-state index contributed by atoms with van der Waals surface area (Å²) in [5, 5.41) is 0. The molecule has 0 aliphatic heterocycles. The summed E-state index contributed by atoms with van der Waals surface area (Å²) in [6.07, 6.45) is 10.5. The molecule has 1 aliphatic rings. The normalized spacial score (nSPS) is 13.1. The molecule has 3 heteroatoms. The van der Waals surface area contributed by atoms with Crippen molar-refractivity contribution in [1.29, 1.82) is 0 Å². The van der Waals surface area contributed by atoms with Crippen molar-refractivity contribution in [2.75, 3.05) is 0 Å². The zero-order valence-electron chi connectivity index (χ0n) is 32.6. The zero-order chi connectivity index (χ0) is 38.0. The first-order valence-corrected chi connectivity index (χ1v) is 19.1. The second kappa shape index (κ2) is 17.6. The van der Waals surface area contributed by atoms with Gasteiger partial charge in [-0.15, -0.1) is 0 Å². The molecule has 54 heavy (non-hydrogen) atoms. The van der Waals surface area contributed by atoms with E-state index in [2.05, 4.69) is 178 Å². The molecule has 0 fully saturated rings. The van der Waals surface area contributed by atoms with Crippen LogP contribution in [0.15, 0.2) is 167 Å². The van der Waals surface area contributed by atoms with Crippen LogP contribution in [0, 0.1) is 20.8 Å². The topological polar surface area (TPSA) is 40.5 Å². The predicted molar refractivity (Wildman–Crippen MR) is 234 cm³/mol. The van der Waals surface area contributed by atoms with Crippen LogP contribution in [0.3, 0.4) is 0 Å². The molecule has 7 rings (SSSR count). The van der Waals surface area contributed by atoms with E-state index in [9.17, 15) is 0 Å². The Bertz CT molecular complexity index is 2360. The summed E-state index contributed by atoms with van der Waals surface area (Å²) < 4.78 is 0. The van der Waals surface area contributed by atoms with Gasteiger partial charge in [0.1, 0.15) is 0 Å². The van der Waals surface area contributed by atoms with Crippen molar-refractivity contribution in [1.82, 2.24) is 4.98 Å². The van der Waals surface area contributed by atoms with Crippen LogP contribution in [0.4, 0.5) is 0 Å². The number of benzene rings is 5. The van der Waals surface area contributed by atoms with Gasteiger partial charge in [-0.2, -0.15) is 0 Å². The highest BCUT2D eigenvalue weighted by atomic mass is 14.8. The fourth-order valence-electron chi connectivity index (χ4n) is 7.36. The number of aromatic amines is 1. The van der Waals surface area contributed by atoms with Crippen LogP contribution in [0.5, 0.6) is 0 Å². The van der Waals surface area contributed by atoms with Crippen LogP contribution in [0.1, 0.15) is 61.4 Å². The van der Waals surface area contributed by atoms with Gasteiger partial charge in [-0.25, -0.2) is 0 Å². The molecule has 1 aromatic heterocycles. The van der Waals surface area contributed by atoms with Gasteiger partial charge in [0.15, 0.2) is 0 Å². The molecule has 1 N–H and O–H groups in total. The Kier molecular flexibility index (Phi) is 12.3. The number of aliphatic imine (C=N–C) groups is 2. The van der Waals surface area contributed by atoms with Crippen LogP contribution in [0.25, 0.3) is 50.3 Å². The highest BCUT2D eigenvalue weighted by molar-refractivity contribution is 6.16. The van der Waals surface area contributed by atoms with E-state index >= 15 is 0 Å². The molecule has 1 aliphatic carbocycles. The standard InChI is InChI=1S/C49H45N3.C2H6/c1-33-15-9-11-19-43(33)46-22-13-21-45(35(46)3)42-30-37(29-41(31-42)38-24-26-39(27-25-38)47-23-14-28-51-47)32-52-48(40-17-7-6-8-18-40)36(4)49(50-5)44-20-12-10-16-34(44)2;1-2/h6-7,9-17,19-31,51H,5,8,18,32H2,1-4H3;1-2H3/b49-36-,52-48?;. The maximum absolute atomic E-state index is 5.42. The molecule has 6 aromatic rings. The van der Waals surface area contributed by atoms with Crippen LogP contribution in [0.2, 0.25) is 0 Å². The second-order valence-electron chi connectivity index (χ2n) is 13.6. The predicted octanol–water partition coefficient (Wildman–Crippen LogP) is 14.0. The molecule has 0 saturated carbocycles. The molecule has 0 atom stereocenters. The summed E-state index contributed by atoms with van der Waals surface area (Å²) in [7, 11) is 0. The largest absolute Gasteiger partial charge is 0.361 e. The summed E-state index contributed by atoms with van der Waals surface area (Å²) >= 11 is 0. The van der Waals surface area contributed by atoms with E-state index in [-0.39, 0.29) is 0 Å². The Balaban J connectivity index is 0.00000245. The zero-order valence-corrected chi connectivity index (χ0v) is 32.6. The van der Waals surface area contributed by atoms with E-state index in [0.29, 0.717) is 6.54 Å². The molecule has 0 spiro atoms. The maximum Gasteiger partial charge on any atom is 0.0747 e. The van der Waals surface area contributed by atoms with Gasteiger partial charge in [-0.05, 0) is 144 Å². The maximum atomic E-state index is 5.42. The number of aryl methyl sites for hydroxylation is 2. The third-order valence-corrected chi connectivity index (χ3v) is 10.2. The summed E-state index contributed by atoms with van der Waals surface area (Å²) in [4.78, 5) is 13.3. The number of allylic oxidation sites excluding steroid dienone is 5. The Morgan fingerprint density at radius 1 is 0.685 bits per heavy atom. The van der Waals surface area contributed by atoms with Gasteiger partial charge in [-0.1, -0.05) is 123 Å². The van der Waals surface area contributed by atoms with E-state index in [4.69, 9.17) is 4.99 Å². The van der Waals surface area contributed by atoms with E-state index < -0.39 is 0 Å². The summed E-state index contributed by atoms with van der Waals surface area (Å²) in [6, 6.07) is 43.6. The Hall–Kier alpha value is -6.06. The Morgan fingerprint density at radius 3 is 2.06 bits per heavy atom. The van der Waals surface area contributed by atoms with Crippen LogP contribution >= 0.6 is 0 Å². The fraction of sp³-hybridized carbons (Fsp3) is 0.176.